The van der Waals surface area contributed by atoms with Crippen molar-refractivity contribution in [1.82, 2.24) is 5.32 Å². The van der Waals surface area contributed by atoms with Gasteiger partial charge in [0.15, 0.2) is 0 Å². The van der Waals surface area contributed by atoms with Crippen LogP contribution in [0.4, 0.5) is 0 Å². The van der Waals surface area contributed by atoms with Crippen molar-refractivity contribution in [2.24, 2.45) is 0 Å². The maximum atomic E-state index is 12.0. The Morgan fingerprint density at radius 1 is 1.16 bits per heavy atom. The molecule has 1 aromatic carbocycles. The average molecular weight is 261 g/mol. The Morgan fingerprint density at radius 2 is 1.84 bits per heavy atom. The predicted octanol–water partition coefficient (Wildman–Crippen LogP) is 3.34. The third-order valence-corrected chi connectivity index (χ3v) is 3.06. The lowest BCUT2D eigenvalue weighted by Crippen LogP contribution is -2.36. The van der Waals surface area contributed by atoms with Gasteiger partial charge in [-0.3, -0.25) is 9.59 Å². The van der Waals surface area contributed by atoms with Crippen LogP contribution in [0.3, 0.4) is 0 Å². The van der Waals surface area contributed by atoms with Crippen LogP contribution in [0.5, 0.6) is 0 Å². The molecular weight excluding hydrogens is 238 g/mol. The third-order valence-electron chi connectivity index (χ3n) is 3.06. The number of rotatable bonds is 8. The second-order valence-electron chi connectivity index (χ2n) is 4.94. The van der Waals surface area contributed by atoms with Crippen molar-refractivity contribution in [1.29, 1.82) is 0 Å². The molecule has 0 bridgehead atoms. The molecule has 0 saturated carbocycles. The number of amides is 1. The van der Waals surface area contributed by atoms with Crippen LogP contribution in [0, 0.1) is 0 Å². The van der Waals surface area contributed by atoms with E-state index in [2.05, 4.69) is 12.2 Å². The molecule has 1 N–H and O–H groups in total. The minimum absolute atomic E-state index is 0.0447. The molecule has 3 heteroatoms. The zero-order valence-corrected chi connectivity index (χ0v) is 11.8. The Balaban J connectivity index is 2.55. The van der Waals surface area contributed by atoms with Crippen molar-refractivity contribution in [3.8, 4) is 0 Å². The molecule has 0 aliphatic carbocycles. The highest BCUT2D eigenvalue weighted by molar-refractivity contribution is 5.94. The fourth-order valence-corrected chi connectivity index (χ4v) is 2.07. The average Bonchev–Trinajstić information content (AvgIpc) is 2.39. The second-order valence-corrected chi connectivity index (χ2v) is 4.94. The van der Waals surface area contributed by atoms with Crippen LogP contribution >= 0.6 is 0 Å². The summed E-state index contributed by atoms with van der Waals surface area (Å²) in [5.74, 6) is 0.0261. The maximum absolute atomic E-state index is 12.0. The Labute approximate surface area is 115 Å². The number of ketones is 1. The zero-order valence-electron chi connectivity index (χ0n) is 11.8. The van der Waals surface area contributed by atoms with E-state index in [9.17, 15) is 9.59 Å². The lowest BCUT2D eigenvalue weighted by atomic mass is 10.0. The summed E-state index contributed by atoms with van der Waals surface area (Å²) < 4.78 is 0. The van der Waals surface area contributed by atoms with Crippen molar-refractivity contribution in [2.75, 3.05) is 0 Å². The minimum Gasteiger partial charge on any atom is -0.349 e. The van der Waals surface area contributed by atoms with Crippen LogP contribution < -0.4 is 5.32 Å². The van der Waals surface area contributed by atoms with Gasteiger partial charge in [-0.1, -0.05) is 44.4 Å². The van der Waals surface area contributed by atoms with E-state index in [0.717, 1.165) is 25.7 Å². The van der Waals surface area contributed by atoms with E-state index in [1.54, 1.807) is 19.1 Å². The highest BCUT2D eigenvalue weighted by Gasteiger charge is 2.15. The SMILES string of the molecule is CCCCCC(CC(C)=O)NC(=O)c1ccccc1. The molecule has 0 spiro atoms. The molecule has 104 valence electrons. The number of carbonyl (C=O) groups excluding carboxylic acids is 2. The van der Waals surface area contributed by atoms with Gasteiger partial charge in [-0.25, -0.2) is 0 Å². The summed E-state index contributed by atoms with van der Waals surface area (Å²) in [6.45, 7) is 3.71. The Bertz CT molecular complexity index is 400. The summed E-state index contributed by atoms with van der Waals surface area (Å²) in [6.07, 6.45) is 4.60. The summed E-state index contributed by atoms with van der Waals surface area (Å²) in [6, 6.07) is 9.08. The van der Waals surface area contributed by atoms with Crippen LogP contribution in [0.1, 0.15) is 56.3 Å². The lowest BCUT2D eigenvalue weighted by Gasteiger charge is -2.17. The molecule has 0 aliphatic heterocycles. The highest BCUT2D eigenvalue weighted by atomic mass is 16.2. The Hall–Kier alpha value is -1.64. The maximum Gasteiger partial charge on any atom is 0.251 e. The van der Waals surface area contributed by atoms with Gasteiger partial charge in [0, 0.05) is 18.0 Å². The first-order valence-electron chi connectivity index (χ1n) is 6.98. The molecule has 0 fully saturated rings. The molecule has 1 amide bonds. The summed E-state index contributed by atoms with van der Waals surface area (Å²) in [5, 5.41) is 2.96. The topological polar surface area (TPSA) is 46.2 Å². The smallest absolute Gasteiger partial charge is 0.251 e. The third kappa shape index (κ3) is 6.18. The van der Waals surface area contributed by atoms with Gasteiger partial charge in [-0.2, -0.15) is 0 Å². The molecule has 1 atom stereocenters. The summed E-state index contributed by atoms with van der Waals surface area (Å²) in [7, 11) is 0. The van der Waals surface area contributed by atoms with Gasteiger partial charge in [0.25, 0.3) is 5.91 Å². The molecule has 19 heavy (non-hydrogen) atoms. The first-order chi connectivity index (χ1) is 9.13. The normalized spacial score (nSPS) is 11.9. The van der Waals surface area contributed by atoms with Crippen molar-refractivity contribution >= 4 is 11.7 Å². The monoisotopic (exact) mass is 261 g/mol. The highest BCUT2D eigenvalue weighted by Crippen LogP contribution is 2.09. The largest absolute Gasteiger partial charge is 0.349 e. The summed E-state index contributed by atoms with van der Waals surface area (Å²) in [5.41, 5.74) is 0.645. The molecule has 0 aliphatic rings. The van der Waals surface area contributed by atoms with Gasteiger partial charge < -0.3 is 5.32 Å². The molecule has 1 unspecified atom stereocenters. The quantitative estimate of drug-likeness (QED) is 0.729. The fourth-order valence-electron chi connectivity index (χ4n) is 2.07. The Kier molecular flexibility index (Phi) is 6.86. The fraction of sp³-hybridized carbons (Fsp3) is 0.500. The van der Waals surface area contributed by atoms with Crippen LogP contribution in [0.25, 0.3) is 0 Å². The Morgan fingerprint density at radius 3 is 2.42 bits per heavy atom. The van der Waals surface area contributed by atoms with Crippen LogP contribution in [-0.2, 0) is 4.79 Å². The van der Waals surface area contributed by atoms with Crippen molar-refractivity contribution in [3.63, 3.8) is 0 Å². The van der Waals surface area contributed by atoms with E-state index in [4.69, 9.17) is 0 Å². The van der Waals surface area contributed by atoms with E-state index in [1.807, 2.05) is 18.2 Å². The van der Waals surface area contributed by atoms with Gasteiger partial charge in [0.2, 0.25) is 0 Å². The van der Waals surface area contributed by atoms with Crippen molar-refractivity contribution < 1.29 is 9.59 Å². The molecule has 1 aromatic rings. The molecule has 0 radical (unpaired) electrons. The van der Waals surface area contributed by atoms with Gasteiger partial charge >= 0.3 is 0 Å². The number of hydrogen-bond acceptors (Lipinski definition) is 2. The lowest BCUT2D eigenvalue weighted by molar-refractivity contribution is -0.117. The van der Waals surface area contributed by atoms with Crippen LogP contribution in [0.15, 0.2) is 30.3 Å². The van der Waals surface area contributed by atoms with Crippen LogP contribution in [0.2, 0.25) is 0 Å². The zero-order chi connectivity index (χ0) is 14.1. The predicted molar refractivity (Wildman–Crippen MR) is 77.1 cm³/mol. The number of carbonyl (C=O) groups is 2. The number of Topliss-reactive ketones (excluding diaryl/α,β-unsaturated/α-hetero) is 1. The van der Waals surface area contributed by atoms with Gasteiger partial charge in [0.05, 0.1) is 0 Å². The van der Waals surface area contributed by atoms with Gasteiger partial charge in [-0.05, 0) is 25.5 Å². The molecule has 0 saturated heterocycles. The molecule has 3 nitrogen and oxygen atoms in total. The first-order valence-corrected chi connectivity index (χ1v) is 6.98. The van der Waals surface area contributed by atoms with Gasteiger partial charge in [-0.15, -0.1) is 0 Å². The standard InChI is InChI=1S/C16H23NO2/c1-3-4-6-11-15(12-13(2)18)17-16(19)14-9-7-5-8-10-14/h5,7-10,15H,3-4,6,11-12H2,1-2H3,(H,17,19). The van der Waals surface area contributed by atoms with Crippen molar-refractivity contribution in [3.05, 3.63) is 35.9 Å². The van der Waals surface area contributed by atoms with E-state index >= 15 is 0 Å². The second kappa shape index (κ2) is 8.46. The van der Waals surface area contributed by atoms with Gasteiger partial charge in [0.1, 0.15) is 5.78 Å². The minimum atomic E-state index is -0.0941. The van der Waals surface area contributed by atoms with E-state index in [1.165, 1.54) is 0 Å². The molecule has 0 heterocycles. The van der Waals surface area contributed by atoms with Crippen molar-refractivity contribution in [2.45, 2.75) is 52.0 Å². The number of unbranched alkanes of at least 4 members (excludes halogenated alkanes) is 2. The number of benzene rings is 1. The number of hydrogen-bond donors (Lipinski definition) is 1. The van der Waals surface area contributed by atoms with E-state index in [0.29, 0.717) is 12.0 Å². The summed E-state index contributed by atoms with van der Waals surface area (Å²) >= 11 is 0. The molecular formula is C16H23NO2. The van der Waals surface area contributed by atoms with E-state index in [-0.39, 0.29) is 17.7 Å². The number of nitrogens with one attached hydrogen (secondary N) is 1. The van der Waals surface area contributed by atoms with Crippen LogP contribution in [-0.4, -0.2) is 17.7 Å². The molecule has 0 aromatic heterocycles. The molecule has 1 rings (SSSR count). The summed E-state index contributed by atoms with van der Waals surface area (Å²) in [4.78, 5) is 23.3. The van der Waals surface area contributed by atoms with E-state index < -0.39 is 0 Å². The first kappa shape index (κ1) is 15.4.